The third-order valence-electron chi connectivity index (χ3n) is 3.97. The van der Waals surface area contributed by atoms with Crippen molar-refractivity contribution in [1.29, 1.82) is 0 Å². The highest BCUT2D eigenvalue weighted by atomic mass is 32.1. The number of carbonyl (C=O) groups excluding carboxylic acids is 1. The van der Waals surface area contributed by atoms with Gasteiger partial charge in [0.15, 0.2) is 0 Å². The van der Waals surface area contributed by atoms with Crippen LogP contribution in [0.4, 0.5) is 0 Å². The molecule has 0 saturated heterocycles. The third-order valence-corrected chi connectivity index (χ3v) is 5.20. The van der Waals surface area contributed by atoms with Crippen molar-refractivity contribution in [3.05, 3.63) is 21.9 Å². The highest BCUT2D eigenvalue weighted by Gasteiger charge is 2.19. The van der Waals surface area contributed by atoms with Crippen molar-refractivity contribution in [2.75, 3.05) is 0 Å². The molecule has 2 rings (SSSR count). The fourth-order valence-electron chi connectivity index (χ4n) is 2.80. The molecule has 1 aromatic rings. The summed E-state index contributed by atoms with van der Waals surface area (Å²) in [7, 11) is 0. The summed E-state index contributed by atoms with van der Waals surface area (Å²) in [5, 5.41) is 0. The topological polar surface area (TPSA) is 17.1 Å². The van der Waals surface area contributed by atoms with Crippen molar-refractivity contribution in [3.63, 3.8) is 0 Å². The summed E-state index contributed by atoms with van der Waals surface area (Å²) in [5.41, 5.74) is 0. The zero-order valence-corrected chi connectivity index (χ0v) is 12.2. The van der Waals surface area contributed by atoms with Crippen LogP contribution in [0.15, 0.2) is 12.1 Å². The van der Waals surface area contributed by atoms with E-state index in [4.69, 9.17) is 0 Å². The lowest BCUT2D eigenvalue weighted by Crippen LogP contribution is -2.17. The molecule has 0 unspecified atom stereocenters. The largest absolute Gasteiger partial charge is 0.299 e. The summed E-state index contributed by atoms with van der Waals surface area (Å²) in [6.45, 7) is 2.17. The second-order valence-electron chi connectivity index (χ2n) is 5.41. The van der Waals surface area contributed by atoms with Gasteiger partial charge in [-0.3, -0.25) is 4.79 Å². The Balaban J connectivity index is 1.89. The van der Waals surface area contributed by atoms with Crippen LogP contribution >= 0.6 is 11.3 Å². The van der Waals surface area contributed by atoms with E-state index in [0.29, 0.717) is 18.1 Å². The van der Waals surface area contributed by atoms with Gasteiger partial charge in [0, 0.05) is 22.1 Å². The lowest BCUT2D eigenvalue weighted by atomic mass is 9.87. The Kier molecular flexibility index (Phi) is 5.43. The first-order chi connectivity index (χ1) is 8.79. The molecule has 1 heterocycles. The standard InChI is InChI=1S/C16H24OS/c1-2-14-10-11-15(18-14)12-16(17)13-8-6-4-3-5-7-9-13/h10-11,13H,2-9,12H2,1H3. The number of hydrogen-bond donors (Lipinski definition) is 0. The van der Waals surface area contributed by atoms with Gasteiger partial charge in [-0.25, -0.2) is 0 Å². The van der Waals surface area contributed by atoms with Crippen LogP contribution in [0.3, 0.4) is 0 Å². The minimum atomic E-state index is 0.345. The van der Waals surface area contributed by atoms with E-state index in [9.17, 15) is 4.79 Å². The number of thiophene rings is 1. The summed E-state index contributed by atoms with van der Waals surface area (Å²) in [6, 6.07) is 4.32. The predicted octanol–water partition coefficient (Wildman–Crippen LogP) is 4.78. The van der Waals surface area contributed by atoms with E-state index in [1.807, 2.05) is 11.3 Å². The summed E-state index contributed by atoms with van der Waals surface area (Å²) >= 11 is 1.81. The maximum absolute atomic E-state index is 12.3. The van der Waals surface area contributed by atoms with Crippen LogP contribution in [0.1, 0.15) is 61.6 Å². The molecule has 1 nitrogen and oxygen atoms in total. The van der Waals surface area contributed by atoms with Gasteiger partial charge < -0.3 is 0 Å². The van der Waals surface area contributed by atoms with Crippen LogP contribution in [-0.4, -0.2) is 5.78 Å². The Morgan fingerprint density at radius 2 is 1.72 bits per heavy atom. The van der Waals surface area contributed by atoms with Crippen molar-refractivity contribution in [3.8, 4) is 0 Å². The molecule has 0 aliphatic heterocycles. The second kappa shape index (κ2) is 7.08. The number of Topliss-reactive ketones (excluding diaryl/α,β-unsaturated/α-hetero) is 1. The molecular formula is C16H24OS. The molecule has 1 aliphatic carbocycles. The fourth-order valence-corrected chi connectivity index (χ4v) is 3.77. The summed E-state index contributed by atoms with van der Waals surface area (Å²) in [6.07, 6.45) is 10.5. The lowest BCUT2D eigenvalue weighted by Gasteiger charge is -2.18. The normalized spacial score (nSPS) is 18.3. The number of aryl methyl sites for hydroxylation is 1. The molecule has 1 aromatic heterocycles. The Morgan fingerprint density at radius 3 is 2.33 bits per heavy atom. The minimum Gasteiger partial charge on any atom is -0.299 e. The van der Waals surface area contributed by atoms with Gasteiger partial charge in [-0.05, 0) is 31.4 Å². The minimum absolute atomic E-state index is 0.345. The van der Waals surface area contributed by atoms with Crippen molar-refractivity contribution in [2.45, 2.75) is 64.7 Å². The van der Waals surface area contributed by atoms with Crippen molar-refractivity contribution in [2.24, 2.45) is 5.92 Å². The molecule has 0 radical (unpaired) electrons. The number of rotatable bonds is 4. The summed E-state index contributed by atoms with van der Waals surface area (Å²) < 4.78 is 0. The molecule has 1 saturated carbocycles. The molecule has 18 heavy (non-hydrogen) atoms. The van der Waals surface area contributed by atoms with Crippen LogP contribution in [0.25, 0.3) is 0 Å². The Morgan fingerprint density at radius 1 is 1.11 bits per heavy atom. The first-order valence-corrected chi connectivity index (χ1v) is 8.21. The van der Waals surface area contributed by atoms with E-state index in [0.717, 1.165) is 19.3 Å². The molecule has 100 valence electrons. The fraction of sp³-hybridized carbons (Fsp3) is 0.688. The quantitative estimate of drug-likeness (QED) is 0.764. The van der Waals surface area contributed by atoms with E-state index in [2.05, 4.69) is 19.1 Å². The van der Waals surface area contributed by atoms with Gasteiger partial charge in [-0.15, -0.1) is 11.3 Å². The molecule has 0 spiro atoms. The van der Waals surface area contributed by atoms with Gasteiger partial charge in [-0.1, -0.05) is 39.0 Å². The van der Waals surface area contributed by atoms with E-state index in [-0.39, 0.29) is 0 Å². The van der Waals surface area contributed by atoms with E-state index >= 15 is 0 Å². The highest BCUT2D eigenvalue weighted by Crippen LogP contribution is 2.25. The monoisotopic (exact) mass is 264 g/mol. The van der Waals surface area contributed by atoms with Crippen LogP contribution in [0, 0.1) is 5.92 Å². The zero-order chi connectivity index (χ0) is 12.8. The van der Waals surface area contributed by atoms with E-state index < -0.39 is 0 Å². The highest BCUT2D eigenvalue weighted by molar-refractivity contribution is 7.12. The Hall–Kier alpha value is -0.630. The first kappa shape index (κ1) is 13.8. The van der Waals surface area contributed by atoms with Crippen LogP contribution < -0.4 is 0 Å². The van der Waals surface area contributed by atoms with Crippen LogP contribution in [0.5, 0.6) is 0 Å². The van der Waals surface area contributed by atoms with E-state index in [1.165, 1.54) is 41.9 Å². The molecular weight excluding hydrogens is 240 g/mol. The van der Waals surface area contributed by atoms with Gasteiger partial charge >= 0.3 is 0 Å². The number of ketones is 1. The number of carbonyl (C=O) groups is 1. The van der Waals surface area contributed by atoms with E-state index in [1.54, 1.807) is 0 Å². The number of hydrogen-bond acceptors (Lipinski definition) is 2. The Bertz CT molecular complexity index is 372. The van der Waals surface area contributed by atoms with Crippen LogP contribution in [-0.2, 0) is 17.6 Å². The molecule has 0 N–H and O–H groups in total. The third kappa shape index (κ3) is 3.94. The smallest absolute Gasteiger partial charge is 0.141 e. The molecule has 1 aliphatic rings. The van der Waals surface area contributed by atoms with Crippen molar-refractivity contribution >= 4 is 17.1 Å². The maximum Gasteiger partial charge on any atom is 0.141 e. The van der Waals surface area contributed by atoms with Gasteiger partial charge in [-0.2, -0.15) is 0 Å². The lowest BCUT2D eigenvalue weighted by molar-refractivity contribution is -0.122. The molecule has 2 heteroatoms. The van der Waals surface area contributed by atoms with Gasteiger partial charge in [0.1, 0.15) is 5.78 Å². The van der Waals surface area contributed by atoms with Crippen molar-refractivity contribution < 1.29 is 4.79 Å². The average Bonchev–Trinajstić information content (AvgIpc) is 2.76. The molecule has 0 aromatic carbocycles. The molecule has 0 amide bonds. The predicted molar refractivity (Wildman–Crippen MR) is 78.2 cm³/mol. The SMILES string of the molecule is CCc1ccc(CC(=O)C2CCCCCCC2)s1. The van der Waals surface area contributed by atoms with Gasteiger partial charge in [0.05, 0.1) is 0 Å². The van der Waals surface area contributed by atoms with Crippen molar-refractivity contribution in [1.82, 2.24) is 0 Å². The zero-order valence-electron chi connectivity index (χ0n) is 11.4. The molecule has 0 bridgehead atoms. The van der Waals surface area contributed by atoms with Gasteiger partial charge in [0.2, 0.25) is 0 Å². The second-order valence-corrected chi connectivity index (χ2v) is 6.66. The maximum atomic E-state index is 12.3. The van der Waals surface area contributed by atoms with Gasteiger partial charge in [0.25, 0.3) is 0 Å². The Labute approximate surface area is 115 Å². The molecule has 0 atom stereocenters. The summed E-state index contributed by atoms with van der Waals surface area (Å²) in [5.74, 6) is 0.832. The molecule has 1 fully saturated rings. The first-order valence-electron chi connectivity index (χ1n) is 7.40. The van der Waals surface area contributed by atoms with Crippen LogP contribution in [0.2, 0.25) is 0 Å². The summed E-state index contributed by atoms with van der Waals surface area (Å²) in [4.78, 5) is 15.0. The average molecular weight is 264 g/mol.